The molecule has 0 saturated carbocycles. The molecule has 11 heavy (non-hydrogen) atoms. The molecule has 0 spiro atoms. The number of nitrogens with one attached hydrogen (secondary N) is 1. The first-order valence-electron chi connectivity index (χ1n) is 3.27. The van der Waals surface area contributed by atoms with Crippen LogP contribution in [0.25, 0.3) is 0 Å². The van der Waals surface area contributed by atoms with E-state index in [9.17, 15) is 9.90 Å². The number of carbonyl (C=O) groups is 1. The molecule has 0 aliphatic rings. The quantitative estimate of drug-likeness (QED) is 0.339. The molecule has 0 aliphatic heterocycles. The number of thiol groups is 1. The molecule has 60 valence electrons. The minimum atomic E-state index is -1.08. The van der Waals surface area contributed by atoms with Gasteiger partial charge >= 0.3 is 29.6 Å². The van der Waals surface area contributed by atoms with Gasteiger partial charge in [-0.05, 0) is 13.0 Å². The van der Waals surface area contributed by atoms with Gasteiger partial charge < -0.3 is 15.2 Å². The van der Waals surface area contributed by atoms with Crippen LogP contribution in [0.3, 0.4) is 0 Å². The Morgan fingerprint density at radius 3 is 2.55 bits per heavy atom. The molecule has 0 radical (unpaired) electrons. The standard InChI is InChI=1S/C6H13NO2S.Na/c1-2-3-7-5(4-10)6(8)9;/h5,7,10H,2-4H2,1H3,(H,8,9);/q;+1/p-1/t5-;/m0./s1. The molecule has 0 aromatic rings. The van der Waals surface area contributed by atoms with E-state index in [0.717, 1.165) is 6.42 Å². The summed E-state index contributed by atoms with van der Waals surface area (Å²) in [4.78, 5) is 10.2. The van der Waals surface area contributed by atoms with E-state index in [1.807, 2.05) is 6.92 Å². The Hall–Kier alpha value is 0.780. The van der Waals surface area contributed by atoms with E-state index in [4.69, 9.17) is 0 Å². The second-order valence-corrected chi connectivity index (χ2v) is 2.37. The fraction of sp³-hybridized carbons (Fsp3) is 0.833. The van der Waals surface area contributed by atoms with Crippen molar-refractivity contribution in [1.82, 2.24) is 5.32 Å². The van der Waals surface area contributed by atoms with E-state index < -0.39 is 12.0 Å². The molecule has 1 N–H and O–H groups in total. The van der Waals surface area contributed by atoms with E-state index >= 15 is 0 Å². The first-order chi connectivity index (χ1) is 4.72. The minimum Gasteiger partial charge on any atom is -0.548 e. The monoisotopic (exact) mass is 185 g/mol. The van der Waals surface area contributed by atoms with Gasteiger partial charge in [-0.15, -0.1) is 0 Å². The Kier molecular flexibility index (Phi) is 11.5. The predicted octanol–water partition coefficient (Wildman–Crippen LogP) is -3.96. The Bertz CT molecular complexity index is 113. The van der Waals surface area contributed by atoms with Gasteiger partial charge in [0.15, 0.2) is 0 Å². The number of carboxylic acids is 1. The number of carbonyl (C=O) groups excluding carboxylic acids is 1. The zero-order valence-electron chi connectivity index (χ0n) is 6.96. The van der Waals surface area contributed by atoms with Crippen molar-refractivity contribution in [2.45, 2.75) is 19.4 Å². The number of aliphatic carboxylic acids is 1. The van der Waals surface area contributed by atoms with Crippen molar-refractivity contribution in [1.29, 1.82) is 0 Å². The summed E-state index contributed by atoms with van der Waals surface area (Å²) < 4.78 is 0. The molecule has 0 heterocycles. The molecule has 0 bridgehead atoms. The number of hydrogen-bond acceptors (Lipinski definition) is 4. The number of carboxylic acid groups (broad SMARTS) is 1. The van der Waals surface area contributed by atoms with Gasteiger partial charge in [0.1, 0.15) is 0 Å². The Morgan fingerprint density at radius 1 is 1.73 bits per heavy atom. The third kappa shape index (κ3) is 7.15. The van der Waals surface area contributed by atoms with Gasteiger partial charge in [0.05, 0.1) is 12.0 Å². The second kappa shape index (κ2) is 8.87. The molecule has 0 amide bonds. The van der Waals surface area contributed by atoms with Crippen LogP contribution in [-0.2, 0) is 4.79 Å². The summed E-state index contributed by atoms with van der Waals surface area (Å²) in [6.45, 7) is 2.66. The molecule has 3 nitrogen and oxygen atoms in total. The van der Waals surface area contributed by atoms with Crippen LogP contribution >= 0.6 is 12.6 Å². The maximum Gasteiger partial charge on any atom is 1.00 e. The van der Waals surface area contributed by atoms with Crippen LogP contribution in [0, 0.1) is 0 Å². The van der Waals surface area contributed by atoms with Crippen LogP contribution in [0.2, 0.25) is 0 Å². The normalized spacial score (nSPS) is 11.8. The second-order valence-electron chi connectivity index (χ2n) is 2.01. The van der Waals surface area contributed by atoms with E-state index in [1.165, 1.54) is 0 Å². The molecule has 0 saturated heterocycles. The van der Waals surface area contributed by atoms with Crippen LogP contribution in [0.1, 0.15) is 13.3 Å². The Labute approximate surface area is 94.6 Å². The van der Waals surface area contributed by atoms with Gasteiger partial charge in [0, 0.05) is 5.75 Å². The third-order valence-corrected chi connectivity index (χ3v) is 1.47. The Morgan fingerprint density at radius 2 is 2.27 bits per heavy atom. The molecule has 5 heteroatoms. The summed E-state index contributed by atoms with van der Waals surface area (Å²) in [6, 6.07) is -0.608. The number of rotatable bonds is 5. The Balaban J connectivity index is 0. The van der Waals surface area contributed by atoms with Crippen molar-refractivity contribution in [3.63, 3.8) is 0 Å². The molecule has 0 aromatic heterocycles. The van der Waals surface area contributed by atoms with Crippen LogP contribution in [0.15, 0.2) is 0 Å². The van der Waals surface area contributed by atoms with E-state index in [2.05, 4.69) is 17.9 Å². The SMILES string of the molecule is CCCN[C@@H](CS)C(=O)[O-].[Na+]. The van der Waals surface area contributed by atoms with E-state index in [-0.39, 0.29) is 35.3 Å². The van der Waals surface area contributed by atoms with Crippen molar-refractivity contribution in [2.24, 2.45) is 0 Å². The van der Waals surface area contributed by atoms with Gasteiger partial charge in [-0.3, -0.25) is 0 Å². The zero-order chi connectivity index (χ0) is 7.98. The smallest absolute Gasteiger partial charge is 0.548 e. The zero-order valence-corrected chi connectivity index (χ0v) is 9.86. The van der Waals surface area contributed by atoms with Crippen LogP contribution in [0.5, 0.6) is 0 Å². The summed E-state index contributed by atoms with van der Waals surface area (Å²) in [5, 5.41) is 13.0. The maximum atomic E-state index is 10.2. The fourth-order valence-electron chi connectivity index (χ4n) is 0.541. The van der Waals surface area contributed by atoms with Crippen LogP contribution < -0.4 is 40.0 Å². The number of hydrogen-bond donors (Lipinski definition) is 2. The van der Waals surface area contributed by atoms with Crippen molar-refractivity contribution in [3.05, 3.63) is 0 Å². The summed E-state index contributed by atoms with van der Waals surface area (Å²) in [7, 11) is 0. The summed E-state index contributed by atoms with van der Waals surface area (Å²) in [6.07, 6.45) is 0.914. The first-order valence-corrected chi connectivity index (χ1v) is 3.90. The fourth-order valence-corrected chi connectivity index (χ4v) is 0.819. The van der Waals surface area contributed by atoms with Gasteiger partial charge in [-0.1, -0.05) is 6.92 Å². The molecular formula is C6H12NNaO2S. The maximum absolute atomic E-state index is 10.2. The average Bonchev–Trinajstić information content (AvgIpc) is 1.89. The summed E-state index contributed by atoms with van der Waals surface area (Å²) in [5.74, 6) is -0.800. The minimum absolute atomic E-state index is 0. The topological polar surface area (TPSA) is 52.2 Å². The molecule has 0 rings (SSSR count). The van der Waals surface area contributed by atoms with Gasteiger partial charge in [0.25, 0.3) is 0 Å². The van der Waals surface area contributed by atoms with Crippen molar-refractivity contribution in [2.75, 3.05) is 12.3 Å². The van der Waals surface area contributed by atoms with Gasteiger partial charge in [-0.2, -0.15) is 12.6 Å². The van der Waals surface area contributed by atoms with E-state index in [1.54, 1.807) is 0 Å². The predicted molar refractivity (Wildman–Crippen MR) is 40.9 cm³/mol. The molecule has 0 aliphatic carbocycles. The van der Waals surface area contributed by atoms with Crippen LogP contribution in [0.4, 0.5) is 0 Å². The van der Waals surface area contributed by atoms with Crippen molar-refractivity contribution < 1.29 is 39.5 Å². The van der Waals surface area contributed by atoms with Crippen LogP contribution in [-0.4, -0.2) is 24.3 Å². The molecule has 1 atom stereocenters. The average molecular weight is 185 g/mol. The summed E-state index contributed by atoms with van der Waals surface area (Å²) in [5.41, 5.74) is 0. The molecule has 0 fully saturated rings. The molecule has 0 aromatic carbocycles. The molecular weight excluding hydrogens is 173 g/mol. The third-order valence-electron chi connectivity index (χ3n) is 1.11. The van der Waals surface area contributed by atoms with E-state index in [0.29, 0.717) is 6.54 Å². The van der Waals surface area contributed by atoms with Gasteiger partial charge in [-0.25, -0.2) is 0 Å². The van der Waals surface area contributed by atoms with Crippen molar-refractivity contribution in [3.8, 4) is 0 Å². The first kappa shape index (κ1) is 14.3. The molecule has 0 unspecified atom stereocenters. The van der Waals surface area contributed by atoms with Gasteiger partial charge in [0.2, 0.25) is 0 Å². The van der Waals surface area contributed by atoms with Crippen molar-refractivity contribution >= 4 is 18.6 Å². The largest absolute Gasteiger partial charge is 1.00 e. The summed E-state index contributed by atoms with van der Waals surface area (Å²) >= 11 is 3.84.